The van der Waals surface area contributed by atoms with Crippen molar-refractivity contribution < 1.29 is 0 Å². The van der Waals surface area contributed by atoms with Gasteiger partial charge in [-0.1, -0.05) is 23.7 Å². The normalized spacial score (nSPS) is 10.9. The van der Waals surface area contributed by atoms with Gasteiger partial charge in [-0.05, 0) is 23.8 Å². The summed E-state index contributed by atoms with van der Waals surface area (Å²) >= 11 is 5.88. The first-order valence-corrected chi connectivity index (χ1v) is 7.06. The summed E-state index contributed by atoms with van der Waals surface area (Å²) in [5.41, 5.74) is 2.40. The third-order valence-corrected chi connectivity index (χ3v) is 3.85. The van der Waals surface area contributed by atoms with Gasteiger partial charge in [0.25, 0.3) is 5.56 Å². The van der Waals surface area contributed by atoms with Gasteiger partial charge in [0.1, 0.15) is 0 Å². The maximum Gasteiger partial charge on any atom is 0.330 e. The molecule has 0 atom stereocenters. The van der Waals surface area contributed by atoms with Crippen molar-refractivity contribution in [3.8, 4) is 22.4 Å². The van der Waals surface area contributed by atoms with E-state index in [4.69, 9.17) is 11.6 Å². The number of H-pyrrole nitrogens is 1. The van der Waals surface area contributed by atoms with Crippen molar-refractivity contribution >= 4 is 11.6 Å². The topological polar surface area (TPSA) is 59.8 Å². The van der Waals surface area contributed by atoms with Crippen molar-refractivity contribution in [2.45, 2.75) is 0 Å². The largest absolute Gasteiger partial charge is 0.361 e. The molecule has 2 aromatic heterocycles. The van der Waals surface area contributed by atoms with Crippen LogP contribution in [0.4, 0.5) is 0 Å². The number of nitrogens with zero attached hydrogens (tertiary/aromatic N) is 2. The Bertz CT molecular complexity index is 949. The number of rotatable bonds is 2. The Labute approximate surface area is 131 Å². The zero-order valence-corrected chi connectivity index (χ0v) is 12.9. The van der Waals surface area contributed by atoms with Crippen LogP contribution in [0.1, 0.15) is 0 Å². The number of halogens is 1. The summed E-state index contributed by atoms with van der Waals surface area (Å²) in [6.45, 7) is 0. The molecule has 22 heavy (non-hydrogen) atoms. The van der Waals surface area contributed by atoms with Gasteiger partial charge in [-0.2, -0.15) is 0 Å². The Hall–Kier alpha value is -2.53. The van der Waals surface area contributed by atoms with Crippen LogP contribution in [-0.4, -0.2) is 14.1 Å². The highest BCUT2D eigenvalue weighted by Crippen LogP contribution is 2.24. The molecule has 0 aliphatic heterocycles. The lowest BCUT2D eigenvalue weighted by atomic mass is 10.1. The number of benzene rings is 1. The SMILES string of the molecule is Cn1cc(-c2c[nH]c(-c3ccc(Cl)cc3)c2)c(=O)n(C)c1=O. The van der Waals surface area contributed by atoms with Crippen LogP contribution in [0, 0.1) is 0 Å². The first-order valence-electron chi connectivity index (χ1n) is 6.69. The molecule has 1 N–H and O–H groups in total. The molecule has 0 spiro atoms. The lowest BCUT2D eigenvalue weighted by molar-refractivity contribution is 0.689. The van der Waals surface area contributed by atoms with E-state index in [9.17, 15) is 9.59 Å². The first kappa shape index (κ1) is 14.4. The van der Waals surface area contributed by atoms with Gasteiger partial charge < -0.3 is 9.55 Å². The number of hydrogen-bond donors (Lipinski definition) is 1. The maximum absolute atomic E-state index is 12.3. The van der Waals surface area contributed by atoms with Crippen LogP contribution in [0.15, 0.2) is 52.3 Å². The molecule has 0 radical (unpaired) electrons. The van der Waals surface area contributed by atoms with E-state index in [1.165, 1.54) is 11.6 Å². The van der Waals surface area contributed by atoms with E-state index in [1.807, 2.05) is 30.3 Å². The molecule has 0 unspecified atom stereocenters. The molecule has 3 rings (SSSR count). The van der Waals surface area contributed by atoms with Gasteiger partial charge in [0.2, 0.25) is 0 Å². The van der Waals surface area contributed by atoms with Gasteiger partial charge in [-0.25, -0.2) is 4.79 Å². The van der Waals surface area contributed by atoms with Gasteiger partial charge in [-0.3, -0.25) is 9.36 Å². The molecule has 5 nitrogen and oxygen atoms in total. The van der Waals surface area contributed by atoms with Crippen molar-refractivity contribution in [2.24, 2.45) is 14.1 Å². The van der Waals surface area contributed by atoms with Crippen LogP contribution in [0.2, 0.25) is 5.02 Å². The van der Waals surface area contributed by atoms with Gasteiger partial charge in [0.05, 0.1) is 5.56 Å². The second-order valence-corrected chi connectivity index (χ2v) is 5.55. The van der Waals surface area contributed by atoms with E-state index in [0.717, 1.165) is 21.4 Å². The van der Waals surface area contributed by atoms with Crippen LogP contribution < -0.4 is 11.2 Å². The summed E-state index contributed by atoms with van der Waals surface area (Å²) in [6.07, 6.45) is 3.31. The van der Waals surface area contributed by atoms with E-state index in [1.54, 1.807) is 19.4 Å². The number of aromatic amines is 1. The molecule has 0 bridgehead atoms. The summed E-state index contributed by atoms with van der Waals surface area (Å²) in [7, 11) is 3.10. The monoisotopic (exact) mass is 315 g/mol. The lowest BCUT2D eigenvalue weighted by Gasteiger charge is -2.04. The number of aryl methyl sites for hydroxylation is 1. The van der Waals surface area contributed by atoms with Gasteiger partial charge >= 0.3 is 5.69 Å². The fourth-order valence-electron chi connectivity index (χ4n) is 2.35. The fraction of sp³-hybridized carbons (Fsp3) is 0.125. The van der Waals surface area contributed by atoms with E-state index in [-0.39, 0.29) is 11.2 Å². The predicted octanol–water partition coefficient (Wildman–Crippen LogP) is 2.40. The molecule has 0 fully saturated rings. The molecular formula is C16H14ClN3O2. The Morgan fingerprint density at radius 3 is 2.41 bits per heavy atom. The molecule has 0 saturated carbocycles. The predicted molar refractivity (Wildman–Crippen MR) is 87.2 cm³/mol. The fourth-order valence-corrected chi connectivity index (χ4v) is 2.48. The minimum Gasteiger partial charge on any atom is -0.361 e. The maximum atomic E-state index is 12.3. The van der Waals surface area contributed by atoms with Gasteiger partial charge in [0, 0.05) is 42.8 Å². The molecule has 0 saturated heterocycles. The quantitative estimate of drug-likeness (QED) is 0.789. The van der Waals surface area contributed by atoms with Crippen molar-refractivity contribution in [3.63, 3.8) is 0 Å². The average molecular weight is 316 g/mol. The average Bonchev–Trinajstić information content (AvgIpc) is 2.99. The van der Waals surface area contributed by atoms with Crippen LogP contribution in [0.25, 0.3) is 22.4 Å². The summed E-state index contributed by atoms with van der Waals surface area (Å²) < 4.78 is 2.50. The van der Waals surface area contributed by atoms with E-state index >= 15 is 0 Å². The summed E-state index contributed by atoms with van der Waals surface area (Å²) in [5.74, 6) is 0. The third-order valence-electron chi connectivity index (χ3n) is 3.60. The third kappa shape index (κ3) is 2.40. The minimum atomic E-state index is -0.345. The Morgan fingerprint density at radius 1 is 1.05 bits per heavy atom. The van der Waals surface area contributed by atoms with E-state index in [0.29, 0.717) is 10.6 Å². The zero-order chi connectivity index (χ0) is 15.9. The zero-order valence-electron chi connectivity index (χ0n) is 12.1. The molecule has 2 heterocycles. The highest BCUT2D eigenvalue weighted by atomic mass is 35.5. The summed E-state index contributed by atoms with van der Waals surface area (Å²) in [5, 5.41) is 0.669. The Morgan fingerprint density at radius 2 is 1.73 bits per heavy atom. The van der Waals surface area contributed by atoms with Gasteiger partial charge in [0.15, 0.2) is 0 Å². The molecule has 0 amide bonds. The van der Waals surface area contributed by atoms with Crippen molar-refractivity contribution in [1.29, 1.82) is 0 Å². The highest BCUT2D eigenvalue weighted by molar-refractivity contribution is 6.30. The summed E-state index contributed by atoms with van der Waals surface area (Å²) in [6, 6.07) is 9.29. The van der Waals surface area contributed by atoms with Crippen LogP contribution in [0.5, 0.6) is 0 Å². The van der Waals surface area contributed by atoms with Crippen molar-refractivity contribution in [3.05, 3.63) is 68.6 Å². The standard InChI is InChI=1S/C16H14ClN3O2/c1-19-9-13(15(21)20(2)16(19)22)11-7-14(18-8-11)10-3-5-12(17)6-4-10/h3-9,18H,1-2H3. The summed E-state index contributed by atoms with van der Waals surface area (Å²) in [4.78, 5) is 27.1. The lowest BCUT2D eigenvalue weighted by Crippen LogP contribution is -2.37. The van der Waals surface area contributed by atoms with Crippen molar-refractivity contribution in [1.82, 2.24) is 14.1 Å². The van der Waals surface area contributed by atoms with Gasteiger partial charge in [-0.15, -0.1) is 0 Å². The number of hydrogen-bond acceptors (Lipinski definition) is 2. The minimum absolute atomic E-state index is 0.315. The Kier molecular flexibility index (Phi) is 3.50. The second-order valence-electron chi connectivity index (χ2n) is 5.11. The van der Waals surface area contributed by atoms with Crippen LogP contribution in [-0.2, 0) is 14.1 Å². The van der Waals surface area contributed by atoms with Crippen LogP contribution in [0.3, 0.4) is 0 Å². The highest BCUT2D eigenvalue weighted by Gasteiger charge is 2.11. The van der Waals surface area contributed by atoms with E-state index in [2.05, 4.69) is 4.98 Å². The second kappa shape index (κ2) is 5.35. The van der Waals surface area contributed by atoms with Crippen LogP contribution >= 0.6 is 11.6 Å². The van der Waals surface area contributed by atoms with Crippen molar-refractivity contribution in [2.75, 3.05) is 0 Å². The molecule has 112 valence electrons. The molecule has 0 aliphatic carbocycles. The molecular weight excluding hydrogens is 302 g/mol. The molecule has 3 aromatic rings. The van der Waals surface area contributed by atoms with E-state index < -0.39 is 0 Å². The number of nitrogens with one attached hydrogen (secondary N) is 1. The molecule has 1 aromatic carbocycles. The number of aromatic nitrogens is 3. The smallest absolute Gasteiger partial charge is 0.330 e. The molecule has 6 heteroatoms. The molecule has 0 aliphatic rings. The first-order chi connectivity index (χ1) is 10.5. The Balaban J connectivity index is 2.10.